The van der Waals surface area contributed by atoms with E-state index in [0.717, 1.165) is 38.8 Å². The minimum atomic E-state index is -0.887. The third-order valence-corrected chi connectivity index (χ3v) is 4.46. The molecule has 1 heterocycles. The quantitative estimate of drug-likeness (QED) is 0.806. The molecule has 0 aromatic rings. The molecule has 0 aromatic carbocycles. The highest BCUT2D eigenvalue weighted by atomic mass is 16.4. The zero-order valence-electron chi connectivity index (χ0n) is 12.2. The molecule has 110 valence electrons. The summed E-state index contributed by atoms with van der Waals surface area (Å²) in [5.41, 5.74) is 0.392. The van der Waals surface area contributed by atoms with Gasteiger partial charge in [-0.3, -0.25) is 4.79 Å². The van der Waals surface area contributed by atoms with Crippen LogP contribution < -0.4 is 5.32 Å². The number of hydrogen-bond donors (Lipinski definition) is 2. The van der Waals surface area contributed by atoms with Crippen LogP contribution in [-0.4, -0.2) is 41.1 Å². The van der Waals surface area contributed by atoms with Crippen LogP contribution in [0.3, 0.4) is 0 Å². The van der Waals surface area contributed by atoms with Crippen LogP contribution in [-0.2, 0) is 4.79 Å². The number of carbonyl (C=O) groups excluding carboxylic acids is 1. The fourth-order valence-electron chi connectivity index (χ4n) is 2.76. The summed E-state index contributed by atoms with van der Waals surface area (Å²) in [4.78, 5) is 24.4. The lowest BCUT2D eigenvalue weighted by atomic mass is 9.74. The van der Waals surface area contributed by atoms with E-state index in [1.54, 1.807) is 6.92 Å². The molecule has 1 saturated heterocycles. The summed E-state index contributed by atoms with van der Waals surface area (Å²) in [6.45, 7) is 7.70. The molecule has 5 heteroatoms. The van der Waals surface area contributed by atoms with Crippen molar-refractivity contribution in [2.75, 3.05) is 13.1 Å². The highest BCUT2D eigenvalue weighted by Crippen LogP contribution is 2.37. The largest absolute Gasteiger partial charge is 0.481 e. The molecule has 0 radical (unpaired) electrons. The second-order valence-electron chi connectivity index (χ2n) is 5.64. The number of piperidine rings is 1. The second kappa shape index (κ2) is 6.78. The molecule has 1 unspecified atom stereocenters. The summed E-state index contributed by atoms with van der Waals surface area (Å²) >= 11 is 0. The molecule has 0 saturated carbocycles. The molecule has 0 aromatic heterocycles. The van der Waals surface area contributed by atoms with Crippen LogP contribution in [0.15, 0.2) is 0 Å². The average Bonchev–Trinajstić information content (AvgIpc) is 2.37. The van der Waals surface area contributed by atoms with Crippen LogP contribution in [0.5, 0.6) is 0 Å². The molecule has 0 aliphatic carbocycles. The van der Waals surface area contributed by atoms with Gasteiger partial charge in [-0.05, 0) is 25.2 Å². The van der Waals surface area contributed by atoms with Gasteiger partial charge in [0.25, 0.3) is 0 Å². The predicted molar refractivity (Wildman–Crippen MR) is 74.1 cm³/mol. The zero-order chi connectivity index (χ0) is 14.5. The van der Waals surface area contributed by atoms with Crippen LogP contribution in [0.4, 0.5) is 4.79 Å². The van der Waals surface area contributed by atoms with Gasteiger partial charge < -0.3 is 15.3 Å². The van der Waals surface area contributed by atoms with Crippen molar-refractivity contribution >= 4 is 12.0 Å². The number of rotatable bonds is 5. The van der Waals surface area contributed by atoms with Gasteiger partial charge in [0.1, 0.15) is 0 Å². The normalized spacial score (nSPS) is 19.8. The summed E-state index contributed by atoms with van der Waals surface area (Å²) in [6, 6.07) is -0.455. The first-order valence-corrected chi connectivity index (χ1v) is 7.19. The van der Waals surface area contributed by atoms with Crippen molar-refractivity contribution < 1.29 is 14.7 Å². The molecular weight excluding hydrogens is 244 g/mol. The fraction of sp³-hybridized carbons (Fsp3) is 0.857. The maximum Gasteiger partial charge on any atom is 0.317 e. The number of urea groups is 1. The van der Waals surface area contributed by atoms with Gasteiger partial charge in [0.15, 0.2) is 0 Å². The van der Waals surface area contributed by atoms with Gasteiger partial charge in [-0.1, -0.05) is 26.7 Å². The number of carbonyl (C=O) groups is 2. The number of nitrogens with zero attached hydrogens (tertiary/aromatic N) is 1. The van der Waals surface area contributed by atoms with Gasteiger partial charge >= 0.3 is 12.0 Å². The molecule has 19 heavy (non-hydrogen) atoms. The molecule has 1 aliphatic heterocycles. The van der Waals surface area contributed by atoms with Gasteiger partial charge in [-0.15, -0.1) is 0 Å². The van der Waals surface area contributed by atoms with E-state index in [9.17, 15) is 9.59 Å². The van der Waals surface area contributed by atoms with Crippen LogP contribution in [0.2, 0.25) is 0 Å². The van der Waals surface area contributed by atoms with Gasteiger partial charge in [-0.25, -0.2) is 4.79 Å². The van der Waals surface area contributed by atoms with Crippen molar-refractivity contribution in [2.45, 2.75) is 58.9 Å². The first-order chi connectivity index (χ1) is 8.92. The fourth-order valence-corrected chi connectivity index (χ4v) is 2.76. The Morgan fingerprint density at radius 2 is 1.79 bits per heavy atom. The maximum atomic E-state index is 12.0. The average molecular weight is 270 g/mol. The minimum Gasteiger partial charge on any atom is -0.481 e. The number of amides is 2. The first kappa shape index (κ1) is 15.8. The third kappa shape index (κ3) is 4.40. The standard InChI is InChI=1S/C14H26N2O3/c1-4-14(5-2)6-8-16(9-7-14)13(19)15-11(3)10-12(17)18/h11H,4-10H2,1-3H3,(H,15,19)(H,17,18). The molecule has 0 spiro atoms. The monoisotopic (exact) mass is 270 g/mol. The first-order valence-electron chi connectivity index (χ1n) is 7.19. The summed E-state index contributed by atoms with van der Waals surface area (Å²) in [5.74, 6) is -0.887. The Morgan fingerprint density at radius 1 is 1.26 bits per heavy atom. The van der Waals surface area contributed by atoms with Crippen LogP contribution >= 0.6 is 0 Å². The predicted octanol–water partition coefficient (Wildman–Crippen LogP) is 2.46. The number of aliphatic carboxylic acids is 1. The van der Waals surface area contributed by atoms with Crippen LogP contribution in [0.25, 0.3) is 0 Å². The molecule has 2 amide bonds. The summed E-state index contributed by atoms with van der Waals surface area (Å²) < 4.78 is 0. The Kier molecular flexibility index (Phi) is 5.63. The number of hydrogen-bond acceptors (Lipinski definition) is 2. The Morgan fingerprint density at radius 3 is 2.21 bits per heavy atom. The van der Waals surface area contributed by atoms with E-state index in [1.807, 2.05) is 4.90 Å². The van der Waals surface area contributed by atoms with Gasteiger partial charge in [0.05, 0.1) is 6.42 Å². The minimum absolute atomic E-state index is 0.0343. The lowest BCUT2D eigenvalue weighted by Crippen LogP contribution is -2.49. The molecule has 0 bridgehead atoms. The Labute approximate surface area is 115 Å². The van der Waals surface area contributed by atoms with E-state index < -0.39 is 5.97 Å². The van der Waals surface area contributed by atoms with Gasteiger partial charge in [-0.2, -0.15) is 0 Å². The summed E-state index contributed by atoms with van der Waals surface area (Å²) in [7, 11) is 0. The van der Waals surface area contributed by atoms with Crippen molar-refractivity contribution in [2.24, 2.45) is 5.41 Å². The molecule has 1 fully saturated rings. The Hall–Kier alpha value is -1.26. The van der Waals surface area contributed by atoms with Crippen molar-refractivity contribution in [3.8, 4) is 0 Å². The molecule has 1 aliphatic rings. The van der Waals surface area contributed by atoms with Crippen LogP contribution in [0, 0.1) is 5.41 Å². The second-order valence-corrected chi connectivity index (χ2v) is 5.64. The smallest absolute Gasteiger partial charge is 0.317 e. The van der Waals surface area contributed by atoms with E-state index in [0.29, 0.717) is 5.41 Å². The zero-order valence-corrected chi connectivity index (χ0v) is 12.2. The lowest BCUT2D eigenvalue weighted by molar-refractivity contribution is -0.137. The topological polar surface area (TPSA) is 69.6 Å². The highest BCUT2D eigenvalue weighted by Gasteiger charge is 2.33. The molecular formula is C14H26N2O3. The van der Waals surface area contributed by atoms with Crippen molar-refractivity contribution in [3.05, 3.63) is 0 Å². The molecule has 1 atom stereocenters. The highest BCUT2D eigenvalue weighted by molar-refractivity contribution is 5.76. The molecule has 2 N–H and O–H groups in total. The Bertz CT molecular complexity index is 317. The number of carboxylic acids is 1. The van der Waals surface area contributed by atoms with Crippen molar-refractivity contribution in [1.82, 2.24) is 10.2 Å². The summed E-state index contributed by atoms with van der Waals surface area (Å²) in [6.07, 6.45) is 4.37. The van der Waals surface area contributed by atoms with Gasteiger partial charge in [0, 0.05) is 19.1 Å². The van der Waals surface area contributed by atoms with Gasteiger partial charge in [0.2, 0.25) is 0 Å². The van der Waals surface area contributed by atoms with E-state index >= 15 is 0 Å². The van der Waals surface area contributed by atoms with E-state index in [1.165, 1.54) is 0 Å². The molecule has 5 nitrogen and oxygen atoms in total. The number of likely N-dealkylation sites (tertiary alicyclic amines) is 1. The number of nitrogens with one attached hydrogen (secondary N) is 1. The van der Waals surface area contributed by atoms with Crippen molar-refractivity contribution in [1.29, 1.82) is 0 Å². The Balaban J connectivity index is 2.42. The summed E-state index contributed by atoms with van der Waals surface area (Å²) in [5, 5.41) is 11.4. The lowest BCUT2D eigenvalue weighted by Gasteiger charge is -2.41. The maximum absolute atomic E-state index is 12.0. The number of carboxylic acid groups (broad SMARTS) is 1. The third-order valence-electron chi connectivity index (χ3n) is 4.46. The molecule has 1 rings (SSSR count). The SMILES string of the molecule is CCC1(CC)CCN(C(=O)NC(C)CC(=O)O)CC1. The van der Waals surface area contributed by atoms with Crippen LogP contribution in [0.1, 0.15) is 52.9 Å². The van der Waals surface area contributed by atoms with E-state index in [-0.39, 0.29) is 18.5 Å². The van der Waals surface area contributed by atoms with Crippen molar-refractivity contribution in [3.63, 3.8) is 0 Å². The van der Waals surface area contributed by atoms with E-state index in [4.69, 9.17) is 5.11 Å². The van der Waals surface area contributed by atoms with E-state index in [2.05, 4.69) is 19.2 Å².